The van der Waals surface area contributed by atoms with Gasteiger partial charge in [0.25, 0.3) is 0 Å². The number of rotatable bonds is 8. The maximum absolute atomic E-state index is 12.4. The summed E-state index contributed by atoms with van der Waals surface area (Å²) in [5.41, 5.74) is 0. The Balaban J connectivity index is 4.74. The van der Waals surface area contributed by atoms with Crippen molar-refractivity contribution in [3.63, 3.8) is 0 Å². The van der Waals surface area contributed by atoms with E-state index in [9.17, 15) is 18.0 Å². The van der Waals surface area contributed by atoms with Crippen molar-refractivity contribution < 1.29 is 30.3 Å². The zero-order chi connectivity index (χ0) is 18.0. The van der Waals surface area contributed by atoms with E-state index in [0.29, 0.717) is 0 Å². The van der Waals surface area contributed by atoms with Gasteiger partial charge in [-0.25, -0.2) is 0 Å². The molecule has 134 valence electrons. The number of alkyl halides is 3. The molecular weight excluding hydrogens is 365 g/mol. The Morgan fingerprint density at radius 2 is 1.18 bits per heavy atom. The fourth-order valence-electron chi connectivity index (χ4n) is 2.39. The first-order valence-electron chi connectivity index (χ1n) is 7.22. The van der Waals surface area contributed by atoms with Gasteiger partial charge in [0.1, 0.15) is 0 Å². The second-order valence-corrected chi connectivity index (χ2v) is 22.4. The van der Waals surface area contributed by atoms with Crippen molar-refractivity contribution >= 4 is 34.0 Å². The van der Waals surface area contributed by atoms with Crippen molar-refractivity contribution in [3.05, 3.63) is 0 Å². The number of halogens is 3. The van der Waals surface area contributed by atoms with E-state index in [4.69, 9.17) is 12.3 Å². The van der Waals surface area contributed by atoms with Gasteiger partial charge < -0.3 is 17.1 Å². The summed E-state index contributed by atoms with van der Waals surface area (Å²) < 4.78 is 54.9. The van der Waals surface area contributed by atoms with Crippen molar-refractivity contribution in [1.82, 2.24) is 0 Å². The molecule has 0 heterocycles. The summed E-state index contributed by atoms with van der Waals surface area (Å²) in [6.07, 6.45) is -4.99. The van der Waals surface area contributed by atoms with E-state index in [1.807, 2.05) is 26.2 Å². The fourth-order valence-corrected chi connectivity index (χ4v) is 19.6. The Hall–Kier alpha value is 0.498. The topological polar surface area (TPSA) is 47.9 Å². The lowest BCUT2D eigenvalue weighted by Crippen LogP contribution is -2.56. The van der Waals surface area contributed by atoms with Crippen LogP contribution in [-0.4, -0.2) is 45.0 Å². The van der Waals surface area contributed by atoms with E-state index in [1.165, 1.54) is 0 Å². The molecule has 0 bridgehead atoms. The van der Waals surface area contributed by atoms with Crippen LogP contribution in [0, 0.1) is 0 Å². The summed E-state index contributed by atoms with van der Waals surface area (Å²) in [5.74, 6) is 0. The summed E-state index contributed by atoms with van der Waals surface area (Å²) >= 11 is 0. The van der Waals surface area contributed by atoms with E-state index in [-0.39, 0.29) is 6.04 Å². The summed E-state index contributed by atoms with van der Waals surface area (Å²) in [6.45, 7) is 14.1. The average molecular weight is 395 g/mol. The third kappa shape index (κ3) is 12.0. The van der Waals surface area contributed by atoms with Crippen molar-refractivity contribution in [2.75, 3.05) is 0 Å². The highest BCUT2D eigenvalue weighted by atomic mass is 28.5. The molecule has 0 aromatic carbocycles. The van der Waals surface area contributed by atoms with Crippen molar-refractivity contribution in [2.24, 2.45) is 0 Å². The standard InChI is InChI=1S/C11H29F3O4Si4/c1-19(2,10-9-11(12,13)14)16-21(5,6)18-22(7,8)17-20(3,4)15/h15H,9-10H2,1-8H3. The van der Waals surface area contributed by atoms with Crippen LogP contribution in [0.1, 0.15) is 6.42 Å². The zero-order valence-electron chi connectivity index (χ0n) is 14.7. The fraction of sp³-hybridized carbons (Fsp3) is 1.00. The van der Waals surface area contributed by atoms with E-state index in [0.717, 1.165) is 0 Å². The van der Waals surface area contributed by atoms with E-state index in [2.05, 4.69) is 0 Å². The molecule has 0 aromatic heterocycles. The molecule has 0 amide bonds. The van der Waals surface area contributed by atoms with Crippen molar-refractivity contribution in [2.45, 2.75) is 71.0 Å². The Labute approximate surface area is 135 Å². The predicted octanol–water partition coefficient (Wildman–Crippen LogP) is 4.29. The molecule has 0 aliphatic carbocycles. The second kappa shape index (κ2) is 7.17. The van der Waals surface area contributed by atoms with Crippen LogP contribution in [0.3, 0.4) is 0 Å². The lowest BCUT2D eigenvalue weighted by molar-refractivity contribution is -0.131. The van der Waals surface area contributed by atoms with Crippen LogP contribution in [-0.2, 0) is 12.3 Å². The van der Waals surface area contributed by atoms with Crippen LogP contribution >= 0.6 is 0 Å². The summed E-state index contributed by atoms with van der Waals surface area (Å²) in [4.78, 5) is 9.89. The van der Waals surface area contributed by atoms with Crippen molar-refractivity contribution in [3.8, 4) is 0 Å². The van der Waals surface area contributed by atoms with Gasteiger partial charge in [0, 0.05) is 6.42 Å². The van der Waals surface area contributed by atoms with Gasteiger partial charge in [0.15, 0.2) is 8.32 Å². The minimum absolute atomic E-state index is 0.0133. The van der Waals surface area contributed by atoms with Gasteiger partial charge in [-0.15, -0.1) is 0 Å². The summed E-state index contributed by atoms with van der Waals surface area (Å²) in [6, 6.07) is 0.0133. The molecule has 1 N–H and O–H groups in total. The lowest BCUT2D eigenvalue weighted by Gasteiger charge is -2.39. The molecule has 22 heavy (non-hydrogen) atoms. The predicted molar refractivity (Wildman–Crippen MR) is 90.9 cm³/mol. The normalized spacial score (nSPS) is 15.3. The molecule has 0 rings (SSSR count). The van der Waals surface area contributed by atoms with Crippen LogP contribution in [0.25, 0.3) is 0 Å². The Morgan fingerprint density at radius 1 is 0.773 bits per heavy atom. The summed E-state index contributed by atoms with van der Waals surface area (Å²) in [5, 5.41) is 0. The van der Waals surface area contributed by atoms with Gasteiger partial charge in [-0.3, -0.25) is 0 Å². The minimum Gasteiger partial charge on any atom is -0.436 e. The van der Waals surface area contributed by atoms with Gasteiger partial charge in [-0.2, -0.15) is 13.2 Å². The van der Waals surface area contributed by atoms with Gasteiger partial charge >= 0.3 is 31.9 Å². The molecule has 11 heteroatoms. The molecule has 4 nitrogen and oxygen atoms in total. The third-order valence-corrected chi connectivity index (χ3v) is 16.0. The van der Waals surface area contributed by atoms with Crippen LogP contribution < -0.4 is 0 Å². The lowest BCUT2D eigenvalue weighted by atomic mass is 10.5. The van der Waals surface area contributed by atoms with Gasteiger partial charge in [0.05, 0.1) is 0 Å². The molecule has 0 aromatic rings. The van der Waals surface area contributed by atoms with Gasteiger partial charge in [-0.05, 0) is 58.4 Å². The highest BCUT2D eigenvalue weighted by molar-refractivity contribution is 6.88. The van der Waals surface area contributed by atoms with Crippen LogP contribution in [0.15, 0.2) is 0 Å². The average Bonchev–Trinajstić information content (AvgIpc) is 2.04. The molecule has 0 aliphatic rings. The molecule has 0 saturated heterocycles. The van der Waals surface area contributed by atoms with Gasteiger partial charge in [-0.1, -0.05) is 0 Å². The Morgan fingerprint density at radius 3 is 1.55 bits per heavy atom. The molecule has 0 spiro atoms. The highest BCUT2D eigenvalue weighted by Gasteiger charge is 2.44. The highest BCUT2D eigenvalue weighted by Crippen LogP contribution is 2.29. The molecule has 0 unspecified atom stereocenters. The number of hydrogen-bond donors (Lipinski definition) is 1. The first-order chi connectivity index (χ1) is 9.33. The Kier molecular flexibility index (Phi) is 7.33. The first kappa shape index (κ1) is 22.5. The Bertz CT molecular complexity index is 367. The van der Waals surface area contributed by atoms with E-state index >= 15 is 0 Å². The smallest absolute Gasteiger partial charge is 0.388 e. The maximum atomic E-state index is 12.4. The van der Waals surface area contributed by atoms with Crippen LogP contribution in [0.4, 0.5) is 13.2 Å². The van der Waals surface area contributed by atoms with Gasteiger partial charge in [0.2, 0.25) is 0 Å². The number of hydrogen-bond acceptors (Lipinski definition) is 4. The van der Waals surface area contributed by atoms with E-state index in [1.54, 1.807) is 26.2 Å². The molecule has 0 radical (unpaired) electrons. The largest absolute Gasteiger partial charge is 0.436 e. The quantitative estimate of drug-likeness (QED) is 0.624. The monoisotopic (exact) mass is 394 g/mol. The van der Waals surface area contributed by atoms with Crippen molar-refractivity contribution in [1.29, 1.82) is 0 Å². The zero-order valence-corrected chi connectivity index (χ0v) is 18.7. The molecular formula is C11H29F3O4Si4. The maximum Gasteiger partial charge on any atom is 0.388 e. The van der Waals surface area contributed by atoms with Crippen LogP contribution in [0.5, 0.6) is 0 Å². The minimum atomic E-state index is -4.16. The molecule has 0 fully saturated rings. The summed E-state index contributed by atoms with van der Waals surface area (Å²) in [7, 11) is -10.4. The molecule has 0 aliphatic heterocycles. The van der Waals surface area contributed by atoms with E-state index < -0.39 is 46.6 Å². The third-order valence-electron chi connectivity index (χ3n) is 2.52. The SMILES string of the molecule is C[Si](C)(O)O[Si](C)(C)O[Si](C)(C)O[Si](C)(C)CCC(F)(F)F. The second-order valence-electron chi connectivity index (χ2n) is 7.43. The first-order valence-corrected chi connectivity index (χ1v) is 18.8. The molecule has 0 atom stereocenters. The molecule has 0 saturated carbocycles. The van der Waals surface area contributed by atoms with Crippen LogP contribution in [0.2, 0.25) is 58.4 Å².